The van der Waals surface area contributed by atoms with Crippen LogP contribution in [0.15, 0.2) is 59.9 Å². The first kappa shape index (κ1) is 20.5. The third kappa shape index (κ3) is 4.53. The van der Waals surface area contributed by atoms with Crippen LogP contribution in [0, 0.1) is 6.92 Å². The summed E-state index contributed by atoms with van der Waals surface area (Å²) in [5.41, 5.74) is 1.65. The van der Waals surface area contributed by atoms with Gasteiger partial charge in [0.1, 0.15) is 11.5 Å². The average Bonchev–Trinajstić information content (AvgIpc) is 3.10. The van der Waals surface area contributed by atoms with Crippen LogP contribution in [0.25, 0.3) is 10.9 Å². The minimum atomic E-state index is -3.31. The molecule has 1 amide bonds. The van der Waals surface area contributed by atoms with E-state index in [1.165, 1.54) is 18.3 Å². The van der Waals surface area contributed by atoms with Gasteiger partial charge in [0.25, 0.3) is 5.91 Å². The zero-order valence-electron chi connectivity index (χ0n) is 17.0. The fourth-order valence-corrected chi connectivity index (χ4v) is 3.58. The highest BCUT2D eigenvalue weighted by molar-refractivity contribution is 7.90. The summed E-state index contributed by atoms with van der Waals surface area (Å²) in [6, 6.07) is 9.33. The van der Waals surface area contributed by atoms with Crippen molar-refractivity contribution in [3.63, 3.8) is 0 Å². The molecule has 0 atom stereocenters. The van der Waals surface area contributed by atoms with Crippen molar-refractivity contribution in [2.45, 2.75) is 11.8 Å². The van der Waals surface area contributed by atoms with E-state index < -0.39 is 9.84 Å². The van der Waals surface area contributed by atoms with Gasteiger partial charge in [0.05, 0.1) is 33.9 Å². The number of sulfone groups is 1. The molecule has 0 saturated heterocycles. The normalized spacial score (nSPS) is 11.5. The number of benzene rings is 2. The number of carbonyl (C=O) groups is 1. The standard InChI is InChI=1S/C21H19N5O4S/c1-13-10-23-20(11-22-13)24-21(27)14-8-18-17(12-26(2)25-18)19(9-14)30-15-4-6-16(7-5-15)31(3,28)29/h4-12H,1-3H3,(H,23,24,27). The quantitative estimate of drug-likeness (QED) is 0.510. The highest BCUT2D eigenvalue weighted by Crippen LogP contribution is 2.31. The van der Waals surface area contributed by atoms with Gasteiger partial charge in [-0.05, 0) is 43.3 Å². The Bertz CT molecular complexity index is 1380. The van der Waals surface area contributed by atoms with Gasteiger partial charge in [-0.15, -0.1) is 0 Å². The number of hydrogen-bond donors (Lipinski definition) is 1. The van der Waals surface area contributed by atoms with Crippen LogP contribution in [0.3, 0.4) is 0 Å². The van der Waals surface area contributed by atoms with Crippen molar-refractivity contribution >= 4 is 32.5 Å². The molecule has 0 fully saturated rings. The van der Waals surface area contributed by atoms with Gasteiger partial charge >= 0.3 is 0 Å². The van der Waals surface area contributed by atoms with Gasteiger partial charge in [0.2, 0.25) is 0 Å². The van der Waals surface area contributed by atoms with E-state index in [2.05, 4.69) is 20.4 Å². The fourth-order valence-electron chi connectivity index (χ4n) is 2.95. The maximum atomic E-state index is 12.8. The molecule has 158 valence electrons. The third-order valence-corrected chi connectivity index (χ3v) is 5.59. The van der Waals surface area contributed by atoms with E-state index in [9.17, 15) is 13.2 Å². The molecule has 0 aliphatic heterocycles. The SMILES string of the molecule is Cc1cnc(NC(=O)c2cc(Oc3ccc(S(C)(=O)=O)cc3)c3cn(C)nc3c2)cn1. The number of rotatable bonds is 5. The Morgan fingerprint density at radius 2 is 1.84 bits per heavy atom. The van der Waals surface area contributed by atoms with E-state index in [0.717, 1.165) is 11.9 Å². The van der Waals surface area contributed by atoms with Crippen molar-refractivity contribution in [2.24, 2.45) is 7.05 Å². The number of anilines is 1. The number of nitrogens with zero attached hydrogens (tertiary/aromatic N) is 4. The highest BCUT2D eigenvalue weighted by atomic mass is 32.2. The molecular weight excluding hydrogens is 418 g/mol. The molecule has 0 saturated carbocycles. The number of nitrogens with one attached hydrogen (secondary N) is 1. The molecule has 31 heavy (non-hydrogen) atoms. The van der Waals surface area contributed by atoms with Gasteiger partial charge < -0.3 is 10.1 Å². The summed E-state index contributed by atoms with van der Waals surface area (Å²) in [7, 11) is -1.54. The fraction of sp³-hybridized carbons (Fsp3) is 0.143. The number of fused-ring (bicyclic) bond motifs is 1. The molecule has 0 aliphatic carbocycles. The summed E-state index contributed by atoms with van der Waals surface area (Å²) < 4.78 is 30.9. The Hall–Kier alpha value is -3.79. The van der Waals surface area contributed by atoms with Crippen LogP contribution in [0.5, 0.6) is 11.5 Å². The second-order valence-electron chi connectivity index (χ2n) is 7.05. The topological polar surface area (TPSA) is 116 Å². The lowest BCUT2D eigenvalue weighted by Gasteiger charge is -2.10. The molecule has 4 aromatic rings. The Labute approximate surface area is 178 Å². The van der Waals surface area contributed by atoms with Crippen LogP contribution < -0.4 is 10.1 Å². The van der Waals surface area contributed by atoms with Gasteiger partial charge in [-0.1, -0.05) is 0 Å². The first-order chi connectivity index (χ1) is 14.7. The van der Waals surface area contributed by atoms with Crippen molar-refractivity contribution in [3.05, 3.63) is 66.2 Å². The lowest BCUT2D eigenvalue weighted by Crippen LogP contribution is -2.13. The van der Waals surface area contributed by atoms with Crippen molar-refractivity contribution in [2.75, 3.05) is 11.6 Å². The largest absolute Gasteiger partial charge is 0.457 e. The zero-order valence-corrected chi connectivity index (χ0v) is 17.8. The highest BCUT2D eigenvalue weighted by Gasteiger charge is 2.16. The van der Waals surface area contributed by atoms with Gasteiger partial charge in [0.15, 0.2) is 15.7 Å². The lowest BCUT2D eigenvalue weighted by atomic mass is 10.1. The molecule has 2 heterocycles. The summed E-state index contributed by atoms with van der Waals surface area (Å²) in [5.74, 6) is 0.788. The van der Waals surface area contributed by atoms with Crippen molar-refractivity contribution in [1.29, 1.82) is 0 Å². The molecule has 4 rings (SSSR count). The summed E-state index contributed by atoms with van der Waals surface area (Å²) in [5, 5.41) is 7.79. The molecule has 0 bridgehead atoms. The van der Waals surface area contributed by atoms with Crippen LogP contribution in [-0.2, 0) is 16.9 Å². The first-order valence-electron chi connectivity index (χ1n) is 9.24. The minimum absolute atomic E-state index is 0.193. The van der Waals surface area contributed by atoms with Gasteiger partial charge in [-0.2, -0.15) is 5.10 Å². The van der Waals surface area contributed by atoms with Gasteiger partial charge in [0, 0.05) is 25.1 Å². The van der Waals surface area contributed by atoms with E-state index in [4.69, 9.17) is 4.74 Å². The van der Waals surface area contributed by atoms with Crippen molar-refractivity contribution in [3.8, 4) is 11.5 Å². The minimum Gasteiger partial charge on any atom is -0.457 e. The maximum absolute atomic E-state index is 12.8. The van der Waals surface area contributed by atoms with E-state index in [0.29, 0.717) is 33.8 Å². The van der Waals surface area contributed by atoms with Gasteiger partial charge in [-0.25, -0.2) is 13.4 Å². The molecular formula is C21H19N5O4S. The Kier molecular flexibility index (Phi) is 5.15. The molecule has 9 nitrogen and oxygen atoms in total. The summed E-state index contributed by atoms with van der Waals surface area (Å²) in [6.07, 6.45) is 5.96. The second kappa shape index (κ2) is 7.80. The number of amides is 1. The predicted molar refractivity (Wildman–Crippen MR) is 115 cm³/mol. The van der Waals surface area contributed by atoms with E-state index >= 15 is 0 Å². The van der Waals surface area contributed by atoms with Crippen LogP contribution in [0.2, 0.25) is 0 Å². The van der Waals surface area contributed by atoms with Crippen LogP contribution >= 0.6 is 0 Å². The number of ether oxygens (including phenoxy) is 1. The summed E-state index contributed by atoms with van der Waals surface area (Å²) in [4.78, 5) is 21.2. The average molecular weight is 437 g/mol. The number of carbonyl (C=O) groups excluding carboxylic acids is 1. The lowest BCUT2D eigenvalue weighted by molar-refractivity contribution is 0.102. The molecule has 0 unspecified atom stereocenters. The Morgan fingerprint density at radius 1 is 1.10 bits per heavy atom. The molecule has 2 aromatic carbocycles. The van der Waals surface area contributed by atoms with Crippen LogP contribution in [0.1, 0.15) is 16.1 Å². The number of aryl methyl sites for hydroxylation is 2. The van der Waals surface area contributed by atoms with Crippen LogP contribution in [-0.4, -0.2) is 40.3 Å². The summed E-state index contributed by atoms with van der Waals surface area (Å²) >= 11 is 0. The third-order valence-electron chi connectivity index (χ3n) is 4.47. The van der Waals surface area contributed by atoms with E-state index in [1.54, 1.807) is 55.3 Å². The molecule has 0 radical (unpaired) electrons. The van der Waals surface area contributed by atoms with E-state index in [-0.39, 0.29) is 10.8 Å². The molecule has 10 heteroatoms. The molecule has 2 aromatic heterocycles. The Morgan fingerprint density at radius 3 is 2.48 bits per heavy atom. The smallest absolute Gasteiger partial charge is 0.257 e. The van der Waals surface area contributed by atoms with Crippen molar-refractivity contribution < 1.29 is 17.9 Å². The number of aromatic nitrogens is 4. The number of hydrogen-bond acceptors (Lipinski definition) is 7. The maximum Gasteiger partial charge on any atom is 0.257 e. The second-order valence-corrected chi connectivity index (χ2v) is 9.07. The molecule has 0 aliphatic rings. The summed E-state index contributed by atoms with van der Waals surface area (Å²) in [6.45, 7) is 1.81. The molecule has 1 N–H and O–H groups in total. The first-order valence-corrected chi connectivity index (χ1v) is 11.1. The Balaban J connectivity index is 1.67. The van der Waals surface area contributed by atoms with Gasteiger partial charge in [-0.3, -0.25) is 14.5 Å². The molecule has 0 spiro atoms. The van der Waals surface area contributed by atoms with Crippen molar-refractivity contribution in [1.82, 2.24) is 19.7 Å². The zero-order chi connectivity index (χ0) is 22.2. The van der Waals surface area contributed by atoms with Crippen LogP contribution in [0.4, 0.5) is 5.82 Å². The monoisotopic (exact) mass is 437 g/mol. The predicted octanol–water partition coefficient (Wildman–Crippen LogP) is 3.12. The van der Waals surface area contributed by atoms with E-state index in [1.807, 2.05) is 0 Å².